The van der Waals surface area contributed by atoms with Gasteiger partial charge in [-0.2, -0.15) is 0 Å². The molecule has 0 atom stereocenters. The van der Waals surface area contributed by atoms with Crippen LogP contribution < -0.4 is 0 Å². The van der Waals surface area contributed by atoms with E-state index in [2.05, 4.69) is 213 Å². The zero-order valence-corrected chi connectivity index (χ0v) is 31.2. The molecule has 0 unspecified atom stereocenters. The lowest BCUT2D eigenvalue weighted by Crippen LogP contribution is -2.05. The summed E-state index contributed by atoms with van der Waals surface area (Å²) in [7, 11) is -3.70. The minimum Gasteiger partial charge on any atom is -0.135 e. The van der Waals surface area contributed by atoms with Crippen molar-refractivity contribution in [2.75, 3.05) is 0 Å². The second kappa shape index (κ2) is 13.6. The number of thiophene rings is 1. The molecular weight excluding hydrogens is 685 g/mol. The Morgan fingerprint density at radius 1 is 0.365 bits per heavy atom. The summed E-state index contributed by atoms with van der Waals surface area (Å²) in [5.74, 6) is 0. The smallest absolute Gasteiger partial charge is 0.0356 e. The Morgan fingerprint density at radius 2 is 0.788 bits per heavy atom. The fourth-order valence-electron chi connectivity index (χ4n) is 7.58. The van der Waals surface area contributed by atoms with Crippen molar-refractivity contribution in [3.05, 3.63) is 218 Å². The average molecular weight is 721 g/mol. The second-order valence-electron chi connectivity index (χ2n) is 12.9. The lowest BCUT2D eigenvalue weighted by Gasteiger charge is -2.42. The average Bonchev–Trinajstić information content (AvgIpc) is 3.58. The van der Waals surface area contributed by atoms with Crippen LogP contribution in [0.15, 0.2) is 239 Å². The maximum absolute atomic E-state index is 3.31. The van der Waals surface area contributed by atoms with Crippen LogP contribution >= 0.6 is 31.4 Å². The van der Waals surface area contributed by atoms with E-state index in [1.807, 2.05) is 17.4 Å². The van der Waals surface area contributed by atoms with E-state index in [1.165, 1.54) is 64.9 Å². The molecule has 250 valence electrons. The summed E-state index contributed by atoms with van der Waals surface area (Å²) in [4.78, 5) is 10.5. The third kappa shape index (κ3) is 5.26. The first-order chi connectivity index (χ1) is 25.7. The summed E-state index contributed by atoms with van der Waals surface area (Å²) in [6.07, 6.45) is 0. The van der Waals surface area contributed by atoms with Gasteiger partial charge in [0, 0.05) is 65.4 Å². The molecule has 0 amide bonds. The third-order valence-corrected chi connectivity index (χ3v) is 18.7. The molecular formula is C49H36S3. The molecule has 0 aliphatic rings. The van der Waals surface area contributed by atoms with Gasteiger partial charge in [0.05, 0.1) is 0 Å². The van der Waals surface area contributed by atoms with Crippen LogP contribution in [0.3, 0.4) is 0 Å². The van der Waals surface area contributed by atoms with Crippen molar-refractivity contribution in [3.8, 4) is 0 Å². The summed E-state index contributed by atoms with van der Waals surface area (Å²) in [6.45, 7) is 2.21. The van der Waals surface area contributed by atoms with Gasteiger partial charge in [0.1, 0.15) is 0 Å². The highest BCUT2D eigenvalue weighted by Gasteiger charge is 2.35. The molecule has 0 nitrogen and oxygen atoms in total. The number of fused-ring (bicyclic) bond motifs is 3. The van der Waals surface area contributed by atoms with Gasteiger partial charge >= 0.3 is 0 Å². The highest BCUT2D eigenvalue weighted by Crippen LogP contribution is 2.75. The first-order valence-electron chi connectivity index (χ1n) is 17.5. The molecule has 0 radical (unpaired) electrons. The summed E-state index contributed by atoms with van der Waals surface area (Å²) in [5.41, 5.74) is 1.27. The summed E-state index contributed by atoms with van der Waals surface area (Å²) < 4.78 is 2.60. The number of aryl methyl sites for hydroxylation is 1. The van der Waals surface area contributed by atoms with Crippen LogP contribution in [0.2, 0.25) is 0 Å². The molecule has 0 aliphatic carbocycles. The van der Waals surface area contributed by atoms with Crippen LogP contribution in [0, 0.1) is 19.1 Å². The molecule has 1 aromatic heterocycles. The zero-order chi connectivity index (χ0) is 35.0. The van der Waals surface area contributed by atoms with Crippen molar-refractivity contribution in [2.45, 2.75) is 46.1 Å². The van der Waals surface area contributed by atoms with E-state index < -0.39 is 20.1 Å². The molecule has 1 heterocycles. The molecule has 0 N–H and O–H groups in total. The molecule has 8 aromatic carbocycles. The normalized spacial score (nSPS) is 12.4. The molecule has 0 bridgehead atoms. The van der Waals surface area contributed by atoms with Gasteiger partial charge in [0.15, 0.2) is 0 Å². The fourth-order valence-corrected chi connectivity index (χ4v) is 16.5. The topological polar surface area (TPSA) is 0 Å². The SMILES string of the molecule is Cc1cccc(S(c2ccccc2)(c2ccccc2)c2ccc3sc4ccc(S(c5cc#ccc5)(c5ccccc5)c5ccccc5)cc4c3c2)c1. The molecule has 0 fully saturated rings. The predicted octanol–water partition coefficient (Wildman–Crippen LogP) is 14.6. The maximum atomic E-state index is 3.31. The van der Waals surface area contributed by atoms with Crippen molar-refractivity contribution in [2.24, 2.45) is 0 Å². The van der Waals surface area contributed by atoms with Crippen LogP contribution in [0.1, 0.15) is 5.56 Å². The van der Waals surface area contributed by atoms with E-state index in [1.54, 1.807) is 0 Å². The highest BCUT2D eigenvalue weighted by atomic mass is 32.3. The Balaban J connectivity index is 1.36. The minimum absolute atomic E-state index is 1.25. The van der Waals surface area contributed by atoms with Gasteiger partial charge in [-0.1, -0.05) is 103 Å². The largest absolute Gasteiger partial charge is 0.135 e. The molecule has 0 spiro atoms. The van der Waals surface area contributed by atoms with Gasteiger partial charge < -0.3 is 0 Å². The fraction of sp³-hybridized carbons (Fsp3) is 0.0204. The van der Waals surface area contributed by atoms with Gasteiger partial charge in [-0.15, -0.1) is 31.4 Å². The van der Waals surface area contributed by atoms with Gasteiger partial charge in [-0.05, 0) is 116 Å². The van der Waals surface area contributed by atoms with Gasteiger partial charge in [-0.3, -0.25) is 0 Å². The number of hydrogen-bond acceptors (Lipinski definition) is 1. The first kappa shape index (κ1) is 32.4. The Hall–Kier alpha value is -5.50. The van der Waals surface area contributed by atoms with E-state index >= 15 is 0 Å². The van der Waals surface area contributed by atoms with Crippen molar-refractivity contribution in [1.82, 2.24) is 0 Å². The number of rotatable bonds is 8. The molecule has 9 aromatic rings. The summed E-state index contributed by atoms with van der Waals surface area (Å²) in [6, 6.07) is 81.0. The van der Waals surface area contributed by atoms with Crippen LogP contribution in [0.25, 0.3) is 20.2 Å². The zero-order valence-electron chi connectivity index (χ0n) is 28.8. The minimum atomic E-state index is -1.86. The Bertz CT molecular complexity index is 2480. The van der Waals surface area contributed by atoms with Crippen LogP contribution in [0.4, 0.5) is 0 Å². The standard InChI is InChI=1S/C49H36S3/c1-37-18-17-29-43(34-37)52(41-25-13-5-14-26-41,42-27-15-6-16-28-42)45-31-33-49-47(36-45)46-35-44(30-32-48(46)50-49)51(38-19-7-2-8-20-38,39-21-9-3-10-22-39)40-23-11-4-12-24-40/h2-3,5-11,13-36H,1H3. The molecule has 0 aliphatic heterocycles. The van der Waals surface area contributed by atoms with Gasteiger partial charge in [0.2, 0.25) is 0 Å². The van der Waals surface area contributed by atoms with Gasteiger partial charge in [-0.25, -0.2) is 0 Å². The molecule has 3 heteroatoms. The van der Waals surface area contributed by atoms with E-state index in [-0.39, 0.29) is 0 Å². The van der Waals surface area contributed by atoms with Gasteiger partial charge in [0.25, 0.3) is 0 Å². The highest BCUT2D eigenvalue weighted by molar-refractivity contribution is 8.34. The Labute approximate surface area is 313 Å². The lowest BCUT2D eigenvalue weighted by molar-refractivity contribution is 1.23. The summed E-state index contributed by atoms with van der Waals surface area (Å²) in [5, 5.41) is 2.60. The quantitative estimate of drug-likeness (QED) is 0.147. The third-order valence-electron chi connectivity index (χ3n) is 9.83. The molecule has 9 rings (SSSR count). The van der Waals surface area contributed by atoms with E-state index in [0.29, 0.717) is 0 Å². The first-order valence-corrected chi connectivity index (χ1v) is 21.6. The number of benzene rings is 7. The predicted molar refractivity (Wildman–Crippen MR) is 222 cm³/mol. The van der Waals surface area contributed by atoms with E-state index in [9.17, 15) is 0 Å². The van der Waals surface area contributed by atoms with Crippen LogP contribution in [-0.4, -0.2) is 0 Å². The van der Waals surface area contributed by atoms with Crippen molar-refractivity contribution >= 4 is 51.6 Å². The maximum Gasteiger partial charge on any atom is 0.0356 e. The van der Waals surface area contributed by atoms with Crippen molar-refractivity contribution < 1.29 is 0 Å². The van der Waals surface area contributed by atoms with Crippen LogP contribution in [-0.2, 0) is 0 Å². The molecule has 0 saturated carbocycles. The monoisotopic (exact) mass is 720 g/mol. The van der Waals surface area contributed by atoms with Crippen LogP contribution in [0.5, 0.6) is 0 Å². The lowest BCUT2D eigenvalue weighted by atomic mass is 10.1. The molecule has 52 heavy (non-hydrogen) atoms. The number of hydrogen-bond donors (Lipinski definition) is 0. The summed E-state index contributed by atoms with van der Waals surface area (Å²) >= 11 is 1.89. The van der Waals surface area contributed by atoms with Crippen molar-refractivity contribution in [3.63, 3.8) is 0 Å². The Kier molecular flexibility index (Phi) is 8.45. The van der Waals surface area contributed by atoms with Crippen molar-refractivity contribution in [1.29, 1.82) is 0 Å². The molecule has 0 saturated heterocycles. The van der Waals surface area contributed by atoms with E-state index in [4.69, 9.17) is 0 Å². The second-order valence-corrected chi connectivity index (χ2v) is 20.2. The Morgan fingerprint density at radius 3 is 1.21 bits per heavy atom. The van der Waals surface area contributed by atoms with E-state index in [0.717, 1.165) is 0 Å².